The van der Waals surface area contributed by atoms with Crippen molar-refractivity contribution >= 4 is 38.2 Å². The van der Waals surface area contributed by atoms with Crippen LogP contribution in [0, 0.1) is 18.7 Å². The second-order valence-corrected chi connectivity index (χ2v) is 9.67. The zero-order chi connectivity index (χ0) is 29.6. The van der Waals surface area contributed by atoms with Crippen LogP contribution >= 0.6 is 11.3 Å². The van der Waals surface area contributed by atoms with E-state index in [1.165, 1.54) is 36.4 Å². The normalized spacial score (nSPS) is 16.2. The van der Waals surface area contributed by atoms with Gasteiger partial charge in [0.2, 0.25) is 0 Å². The lowest BCUT2D eigenvalue weighted by molar-refractivity contribution is -0.138. The Labute approximate surface area is 201 Å². The summed E-state index contributed by atoms with van der Waals surface area (Å²) in [6, 6.07) is 4.89. The molecule has 32 heavy (non-hydrogen) atoms. The number of hydrogen-bond acceptors (Lipinski definition) is 4. The van der Waals surface area contributed by atoms with Crippen LogP contribution in [0.2, 0.25) is 0 Å². The molecule has 2 aromatic carbocycles. The summed E-state index contributed by atoms with van der Waals surface area (Å²) in [6.07, 6.45) is -0.909. The van der Waals surface area contributed by atoms with E-state index in [9.17, 15) is 18.3 Å². The van der Waals surface area contributed by atoms with Gasteiger partial charge in [0, 0.05) is 33.2 Å². The van der Waals surface area contributed by atoms with E-state index in [1.54, 1.807) is 0 Å². The number of aliphatic carboxylic acids is 1. The van der Waals surface area contributed by atoms with Gasteiger partial charge in [0.15, 0.2) is 0 Å². The fourth-order valence-electron chi connectivity index (χ4n) is 2.83. The maximum absolute atomic E-state index is 13.0. The molecule has 0 saturated carbocycles. The van der Waals surface area contributed by atoms with Crippen molar-refractivity contribution in [2.45, 2.75) is 23.5 Å². The van der Waals surface area contributed by atoms with Crippen molar-refractivity contribution in [1.29, 1.82) is 0 Å². The van der Waals surface area contributed by atoms with Crippen molar-refractivity contribution < 1.29 is 29.3 Å². The van der Waals surface area contributed by atoms with Gasteiger partial charge in [-0.25, -0.2) is 8.42 Å². The minimum Gasteiger partial charge on any atom is -0.480 e. The van der Waals surface area contributed by atoms with Crippen LogP contribution in [0.4, 0.5) is 0 Å². The standard InChI is InChI=1S/C24H20N2O4S2/c1-16-6-8-17(9-7-16)10-11-19-12-13-23(31-19)32(29,30)26-22(24(27)28)14-18-15-25-21-5-3-2-4-20(18)21/h2-9,12-13,15,22,25-26H,14H2,1H3,(H,27,28)/t22-/m0/s1/i1D3,2D,3D,4D,5D,15D. The number of benzene rings is 2. The van der Waals surface area contributed by atoms with Crippen LogP contribution in [0.25, 0.3) is 10.9 Å². The van der Waals surface area contributed by atoms with Crippen LogP contribution in [0.3, 0.4) is 0 Å². The average Bonchev–Trinajstić information content (AvgIpc) is 3.49. The third-order valence-corrected chi connectivity index (χ3v) is 7.36. The van der Waals surface area contributed by atoms with E-state index in [2.05, 4.69) is 21.5 Å². The Morgan fingerprint density at radius 3 is 2.75 bits per heavy atom. The van der Waals surface area contributed by atoms with Gasteiger partial charge in [-0.1, -0.05) is 47.7 Å². The number of rotatable bonds is 6. The highest BCUT2D eigenvalue weighted by Gasteiger charge is 2.27. The first kappa shape index (κ1) is 13.9. The molecule has 8 heteroatoms. The minimum absolute atomic E-state index is 0.0701. The van der Waals surface area contributed by atoms with E-state index in [4.69, 9.17) is 11.0 Å². The SMILES string of the molecule is [2H]c1[nH]c2c([2H])c([2H])c([2H])c([2H])c2c1C[C@H](NS(=O)(=O)c1ccc(C#Cc2ccc(C([2H])([2H])[2H])cc2)s1)C(=O)O. The van der Waals surface area contributed by atoms with Crippen LogP contribution in [-0.4, -0.2) is 30.5 Å². The number of carboxylic acid groups (broad SMARTS) is 1. The Hall–Kier alpha value is -3.38. The molecule has 3 N–H and O–H groups in total. The number of para-hydroxylation sites is 1. The molecule has 1 atom stereocenters. The summed E-state index contributed by atoms with van der Waals surface area (Å²) in [6.45, 7) is -2.25. The predicted octanol–water partition coefficient (Wildman–Crippen LogP) is 3.91. The van der Waals surface area contributed by atoms with Gasteiger partial charge in [0.1, 0.15) is 10.3 Å². The van der Waals surface area contributed by atoms with E-state index in [0.29, 0.717) is 10.4 Å². The Morgan fingerprint density at radius 1 is 1.22 bits per heavy atom. The molecule has 162 valence electrons. The summed E-state index contributed by atoms with van der Waals surface area (Å²) >= 11 is 0.791. The Kier molecular flexibility index (Phi) is 3.91. The molecule has 0 bridgehead atoms. The molecule has 2 heterocycles. The fraction of sp³-hybridized carbons (Fsp3) is 0.125. The van der Waals surface area contributed by atoms with Gasteiger partial charge in [-0.15, -0.1) is 11.3 Å². The van der Waals surface area contributed by atoms with E-state index in [1.807, 2.05) is 0 Å². The highest BCUT2D eigenvalue weighted by atomic mass is 32.2. The van der Waals surface area contributed by atoms with Gasteiger partial charge in [0.25, 0.3) is 10.0 Å². The van der Waals surface area contributed by atoms with Crippen LogP contribution < -0.4 is 4.72 Å². The lowest BCUT2D eigenvalue weighted by atomic mass is 10.1. The summed E-state index contributed by atoms with van der Waals surface area (Å²) < 4.78 is 90.2. The third-order valence-electron chi connectivity index (χ3n) is 4.39. The van der Waals surface area contributed by atoms with Gasteiger partial charge in [-0.3, -0.25) is 4.79 Å². The highest BCUT2D eigenvalue weighted by Crippen LogP contribution is 2.23. The van der Waals surface area contributed by atoms with Crippen molar-refractivity contribution in [3.8, 4) is 11.8 Å². The fourth-order valence-corrected chi connectivity index (χ4v) is 5.20. The first-order valence-electron chi connectivity index (χ1n) is 13.1. The second-order valence-electron chi connectivity index (χ2n) is 6.64. The maximum atomic E-state index is 13.0. The Bertz CT molecular complexity index is 1800. The van der Waals surface area contributed by atoms with Crippen LogP contribution in [0.1, 0.15) is 32.5 Å². The molecular formula is C24H20N2O4S2. The molecule has 0 fully saturated rings. The second kappa shape index (κ2) is 9.01. The molecule has 4 rings (SSSR count). The van der Waals surface area contributed by atoms with Gasteiger partial charge in [0.05, 0.1) is 11.7 Å². The molecule has 0 aliphatic heterocycles. The molecule has 0 radical (unpaired) electrons. The molecule has 0 amide bonds. The van der Waals surface area contributed by atoms with Crippen molar-refractivity contribution in [2.24, 2.45) is 0 Å². The van der Waals surface area contributed by atoms with Crippen molar-refractivity contribution in [3.63, 3.8) is 0 Å². The Morgan fingerprint density at radius 2 is 2.00 bits per heavy atom. The number of sulfonamides is 1. The number of carboxylic acids is 1. The van der Waals surface area contributed by atoms with Gasteiger partial charge >= 0.3 is 5.97 Å². The number of thiophene rings is 1. The molecular weight excluding hydrogens is 444 g/mol. The topological polar surface area (TPSA) is 99.3 Å². The number of fused-ring (bicyclic) bond motifs is 1. The van der Waals surface area contributed by atoms with Crippen molar-refractivity contribution in [3.05, 3.63) is 88.3 Å². The number of carbonyl (C=O) groups is 1. The largest absolute Gasteiger partial charge is 0.480 e. The molecule has 0 aliphatic rings. The van der Waals surface area contributed by atoms with E-state index < -0.39 is 59.5 Å². The first-order valence-corrected chi connectivity index (χ1v) is 11.4. The molecule has 6 nitrogen and oxygen atoms in total. The van der Waals surface area contributed by atoms with E-state index >= 15 is 0 Å². The first-order chi connectivity index (χ1) is 18.6. The highest BCUT2D eigenvalue weighted by molar-refractivity contribution is 7.91. The summed E-state index contributed by atoms with van der Waals surface area (Å²) in [5.74, 6) is 4.06. The van der Waals surface area contributed by atoms with Crippen LogP contribution in [0.5, 0.6) is 0 Å². The van der Waals surface area contributed by atoms with Gasteiger partial charge in [-0.2, -0.15) is 4.72 Å². The molecule has 2 aromatic heterocycles. The summed E-state index contributed by atoms with van der Waals surface area (Å²) in [5, 5.41) is 9.67. The van der Waals surface area contributed by atoms with Crippen molar-refractivity contribution in [2.75, 3.05) is 0 Å². The maximum Gasteiger partial charge on any atom is 0.322 e. The number of H-pyrrole nitrogens is 1. The average molecular weight is 473 g/mol. The number of hydrogen-bond donors (Lipinski definition) is 3. The quantitative estimate of drug-likeness (QED) is 0.371. The molecule has 0 spiro atoms. The smallest absolute Gasteiger partial charge is 0.322 e. The van der Waals surface area contributed by atoms with E-state index in [-0.39, 0.29) is 32.4 Å². The van der Waals surface area contributed by atoms with Gasteiger partial charge < -0.3 is 10.1 Å². The molecule has 0 unspecified atom stereocenters. The number of aromatic nitrogens is 1. The molecule has 0 saturated heterocycles. The van der Waals surface area contributed by atoms with E-state index in [0.717, 1.165) is 11.3 Å². The van der Waals surface area contributed by atoms with Gasteiger partial charge in [-0.05, 0) is 42.7 Å². The Balaban J connectivity index is 1.58. The zero-order valence-electron chi connectivity index (χ0n) is 24.2. The summed E-state index contributed by atoms with van der Waals surface area (Å²) in [5.41, 5.74) is 0.525. The molecule has 4 aromatic rings. The lowest BCUT2D eigenvalue weighted by Crippen LogP contribution is -2.41. The zero-order valence-corrected chi connectivity index (χ0v) is 17.9. The minimum atomic E-state index is -4.36. The van der Waals surface area contributed by atoms with Crippen LogP contribution in [0.15, 0.2) is 70.9 Å². The van der Waals surface area contributed by atoms with Crippen molar-refractivity contribution in [1.82, 2.24) is 9.71 Å². The number of aryl methyl sites for hydroxylation is 1. The number of aromatic amines is 1. The summed E-state index contributed by atoms with van der Waals surface area (Å²) in [4.78, 5) is 14.9. The lowest BCUT2D eigenvalue weighted by Gasteiger charge is -2.13. The van der Waals surface area contributed by atoms with Crippen LogP contribution in [-0.2, 0) is 21.2 Å². The number of nitrogens with one attached hydrogen (secondary N) is 2. The third kappa shape index (κ3) is 4.92. The monoisotopic (exact) mass is 472 g/mol. The summed E-state index contributed by atoms with van der Waals surface area (Å²) in [7, 11) is -4.36. The predicted molar refractivity (Wildman–Crippen MR) is 125 cm³/mol. The molecule has 0 aliphatic carbocycles.